The monoisotopic (exact) mass is 396 g/mol. The molecule has 1 amide bonds. The van der Waals surface area contributed by atoms with E-state index in [0.29, 0.717) is 13.2 Å². The van der Waals surface area contributed by atoms with Crippen LogP contribution in [0.5, 0.6) is 5.75 Å². The second-order valence-electron chi connectivity index (χ2n) is 6.83. The number of halogens is 4. The van der Waals surface area contributed by atoms with E-state index in [4.69, 9.17) is 9.47 Å². The van der Waals surface area contributed by atoms with Gasteiger partial charge < -0.3 is 20.1 Å². The van der Waals surface area contributed by atoms with Gasteiger partial charge in [0.25, 0.3) is 0 Å². The minimum atomic E-state index is -4.54. The Hall–Kier alpha value is -1.51. The molecule has 0 radical (unpaired) electrons. The first-order valence-electron chi connectivity index (χ1n) is 8.04. The maximum Gasteiger partial charge on any atom is 0.416 e. The first-order chi connectivity index (χ1) is 11.6. The molecule has 1 aromatic rings. The molecule has 1 aromatic carbocycles. The number of alkyl halides is 3. The van der Waals surface area contributed by atoms with Crippen molar-refractivity contribution in [2.24, 2.45) is 0 Å². The molecule has 1 fully saturated rings. The van der Waals surface area contributed by atoms with Crippen LogP contribution in [0.1, 0.15) is 31.9 Å². The summed E-state index contributed by atoms with van der Waals surface area (Å²) in [6.45, 7) is 6.30. The second kappa shape index (κ2) is 8.92. The Balaban J connectivity index is 0.00000338. The van der Waals surface area contributed by atoms with Crippen molar-refractivity contribution in [3.63, 3.8) is 0 Å². The van der Waals surface area contributed by atoms with Crippen LogP contribution in [0.2, 0.25) is 0 Å². The molecule has 1 heterocycles. The summed E-state index contributed by atoms with van der Waals surface area (Å²) in [7, 11) is 0. The normalized spacial score (nSPS) is 18.0. The fourth-order valence-electron chi connectivity index (χ4n) is 2.43. The van der Waals surface area contributed by atoms with Gasteiger partial charge in [-0.1, -0.05) is 6.07 Å². The number of ether oxygens (including phenoxy) is 2. The van der Waals surface area contributed by atoms with Gasteiger partial charge in [0.05, 0.1) is 18.8 Å². The molecule has 1 saturated heterocycles. The smallest absolute Gasteiger partial charge is 0.416 e. The van der Waals surface area contributed by atoms with E-state index in [2.05, 4.69) is 10.6 Å². The molecule has 2 N–H and O–H groups in total. The van der Waals surface area contributed by atoms with E-state index < -0.39 is 23.4 Å². The van der Waals surface area contributed by atoms with Crippen molar-refractivity contribution in [1.29, 1.82) is 0 Å². The minimum Gasteiger partial charge on any atom is -0.488 e. The Morgan fingerprint density at radius 2 is 2.04 bits per heavy atom. The summed E-state index contributed by atoms with van der Waals surface area (Å²) in [6.07, 6.45) is -4.54. The third kappa shape index (κ3) is 6.66. The Morgan fingerprint density at radius 3 is 2.58 bits per heavy atom. The quantitative estimate of drug-likeness (QED) is 0.821. The van der Waals surface area contributed by atoms with E-state index in [1.54, 1.807) is 20.8 Å². The molecule has 1 unspecified atom stereocenters. The second-order valence-corrected chi connectivity index (χ2v) is 6.83. The van der Waals surface area contributed by atoms with Crippen LogP contribution in [0, 0.1) is 0 Å². The predicted octanol–water partition coefficient (Wildman–Crippen LogP) is 2.91. The number of benzene rings is 1. The van der Waals surface area contributed by atoms with Crippen molar-refractivity contribution in [3.8, 4) is 5.75 Å². The van der Waals surface area contributed by atoms with Crippen molar-refractivity contribution >= 4 is 18.3 Å². The van der Waals surface area contributed by atoms with Gasteiger partial charge in [0.1, 0.15) is 17.4 Å². The topological polar surface area (TPSA) is 59.6 Å². The van der Waals surface area contributed by atoms with Gasteiger partial charge >= 0.3 is 6.18 Å². The van der Waals surface area contributed by atoms with Gasteiger partial charge in [-0.15, -0.1) is 12.4 Å². The van der Waals surface area contributed by atoms with Crippen LogP contribution in [0.25, 0.3) is 0 Å². The van der Waals surface area contributed by atoms with Gasteiger partial charge in [-0.3, -0.25) is 4.79 Å². The predicted molar refractivity (Wildman–Crippen MR) is 93.5 cm³/mol. The molecular weight excluding hydrogens is 373 g/mol. The van der Waals surface area contributed by atoms with Gasteiger partial charge in [-0.05, 0) is 38.5 Å². The fourth-order valence-corrected chi connectivity index (χ4v) is 2.43. The minimum absolute atomic E-state index is 0. The lowest BCUT2D eigenvalue weighted by Crippen LogP contribution is -2.51. The number of carbonyl (C=O) groups is 1. The average molecular weight is 397 g/mol. The summed E-state index contributed by atoms with van der Waals surface area (Å²) in [5, 5.41) is 5.48. The number of hydrogen-bond donors (Lipinski definition) is 2. The Morgan fingerprint density at radius 1 is 1.35 bits per heavy atom. The Kier molecular flexibility index (Phi) is 7.73. The molecule has 5 nitrogen and oxygen atoms in total. The highest BCUT2D eigenvalue weighted by Crippen LogP contribution is 2.35. The highest BCUT2D eigenvalue weighted by Gasteiger charge is 2.34. The summed E-state index contributed by atoms with van der Waals surface area (Å²) in [5.74, 6) is -0.250. The van der Waals surface area contributed by atoms with Gasteiger partial charge in [0.2, 0.25) is 5.91 Å². The van der Waals surface area contributed by atoms with E-state index in [1.165, 1.54) is 12.1 Å². The molecule has 0 saturated carbocycles. The molecule has 26 heavy (non-hydrogen) atoms. The Labute approximate surface area is 157 Å². The molecule has 0 bridgehead atoms. The number of hydrogen-bond acceptors (Lipinski definition) is 4. The highest BCUT2D eigenvalue weighted by atomic mass is 35.5. The van der Waals surface area contributed by atoms with E-state index >= 15 is 0 Å². The van der Waals surface area contributed by atoms with Gasteiger partial charge in [-0.25, -0.2) is 0 Å². The van der Waals surface area contributed by atoms with Crippen LogP contribution < -0.4 is 15.4 Å². The first kappa shape index (κ1) is 22.5. The summed E-state index contributed by atoms with van der Waals surface area (Å²) >= 11 is 0. The number of nitrogens with one attached hydrogen (secondary N) is 2. The molecule has 1 aliphatic heterocycles. The summed E-state index contributed by atoms with van der Waals surface area (Å²) in [5.41, 5.74) is -1.44. The van der Waals surface area contributed by atoms with Gasteiger partial charge in [0.15, 0.2) is 0 Å². The van der Waals surface area contributed by atoms with Crippen molar-refractivity contribution < 1.29 is 27.4 Å². The largest absolute Gasteiger partial charge is 0.488 e. The zero-order valence-electron chi connectivity index (χ0n) is 14.9. The highest BCUT2D eigenvalue weighted by molar-refractivity contribution is 5.85. The first-order valence-corrected chi connectivity index (χ1v) is 8.04. The molecular formula is C17H24ClF3N2O3. The number of amides is 1. The van der Waals surface area contributed by atoms with Crippen LogP contribution in [-0.4, -0.2) is 37.3 Å². The average Bonchev–Trinajstić information content (AvgIpc) is 2.51. The maximum absolute atomic E-state index is 13.3. The molecule has 1 atom stereocenters. The van der Waals surface area contributed by atoms with Gasteiger partial charge in [0, 0.05) is 13.1 Å². The van der Waals surface area contributed by atoms with Gasteiger partial charge in [-0.2, -0.15) is 13.2 Å². The molecule has 0 spiro atoms. The SMILES string of the molecule is CC(C)(C)Oc1ccc(CNC(=O)C2COCCN2)c(C(F)(F)F)c1.Cl. The number of carbonyl (C=O) groups excluding carboxylic acids is 1. The standard InChI is InChI=1S/C17H23F3N2O3.ClH/c1-16(2,3)25-12-5-4-11(13(8-12)17(18,19)20)9-22-15(23)14-10-24-7-6-21-14;/h4-5,8,14,21H,6-7,9-10H2,1-3H3,(H,22,23);1H. The van der Waals surface area contributed by atoms with Crippen LogP contribution in [0.3, 0.4) is 0 Å². The molecule has 0 aromatic heterocycles. The van der Waals surface area contributed by atoms with E-state index in [1.807, 2.05) is 0 Å². The molecule has 9 heteroatoms. The Bertz CT molecular complexity index is 612. The summed E-state index contributed by atoms with van der Waals surface area (Å²) in [4.78, 5) is 12.0. The molecule has 2 rings (SSSR count). The molecule has 1 aliphatic rings. The van der Waals surface area contributed by atoms with Crippen LogP contribution in [-0.2, 0) is 22.3 Å². The van der Waals surface area contributed by atoms with Crippen molar-refractivity contribution in [2.45, 2.75) is 45.1 Å². The third-order valence-corrected chi connectivity index (χ3v) is 3.50. The summed E-state index contributed by atoms with van der Waals surface area (Å²) in [6, 6.07) is 3.22. The van der Waals surface area contributed by atoms with Crippen LogP contribution >= 0.6 is 12.4 Å². The van der Waals surface area contributed by atoms with Crippen LogP contribution in [0.4, 0.5) is 13.2 Å². The maximum atomic E-state index is 13.3. The van der Waals surface area contributed by atoms with Crippen molar-refractivity contribution in [3.05, 3.63) is 29.3 Å². The lowest BCUT2D eigenvalue weighted by molar-refractivity contribution is -0.138. The lowest BCUT2D eigenvalue weighted by Gasteiger charge is -2.24. The third-order valence-electron chi connectivity index (χ3n) is 3.50. The van der Waals surface area contributed by atoms with Crippen molar-refractivity contribution in [1.82, 2.24) is 10.6 Å². The van der Waals surface area contributed by atoms with Crippen molar-refractivity contribution in [2.75, 3.05) is 19.8 Å². The van der Waals surface area contributed by atoms with E-state index in [9.17, 15) is 18.0 Å². The van der Waals surface area contributed by atoms with E-state index in [-0.39, 0.29) is 42.8 Å². The molecule has 148 valence electrons. The summed E-state index contributed by atoms with van der Waals surface area (Å²) < 4.78 is 50.7. The number of morpholine rings is 1. The lowest BCUT2D eigenvalue weighted by atomic mass is 10.1. The molecule has 0 aliphatic carbocycles. The number of rotatable bonds is 4. The van der Waals surface area contributed by atoms with Crippen LogP contribution in [0.15, 0.2) is 18.2 Å². The van der Waals surface area contributed by atoms with E-state index in [0.717, 1.165) is 6.07 Å². The fraction of sp³-hybridized carbons (Fsp3) is 0.588. The zero-order valence-corrected chi connectivity index (χ0v) is 15.7. The zero-order chi connectivity index (χ0) is 18.7.